The number of Topliss-reactive ketones (excluding diaryl/α,β-unsaturated/α-hetero) is 1. The topological polar surface area (TPSA) is 109 Å². The molecule has 1 saturated heterocycles. The molecule has 1 fully saturated rings. The van der Waals surface area contributed by atoms with Crippen LogP contribution in [-0.4, -0.2) is 40.7 Å². The lowest BCUT2D eigenvalue weighted by atomic mass is 10.1. The maximum Gasteiger partial charge on any atom is 0.294 e. The fraction of sp³-hybridized carbons (Fsp3) is 0.333. The molecule has 1 unspecified atom stereocenters. The zero-order valence-electron chi connectivity index (χ0n) is 17.2. The standard InChI is InChI=1S/C21H23FN4O4/c1-10-9-13(5-6-14(10)22)24-20(29)16-11(2)17(26(4)12(16)3)18(27)21(30)25-15-7-8-23-19(15)28/h5-6,9,15H,7-8H2,1-4H3,(H,23,28)(H,24,29)(H,25,30). The SMILES string of the molecule is Cc1cc(NC(=O)c2c(C)c(C(=O)C(=O)NC3CCNC3=O)n(C)c2C)ccc1F. The second kappa shape index (κ2) is 8.10. The number of carbonyl (C=O) groups excluding carboxylic acids is 4. The maximum atomic E-state index is 13.5. The highest BCUT2D eigenvalue weighted by Gasteiger charge is 2.32. The molecular weight excluding hydrogens is 391 g/mol. The molecule has 0 saturated carbocycles. The number of nitrogens with one attached hydrogen (secondary N) is 3. The van der Waals surface area contributed by atoms with Gasteiger partial charge in [-0.2, -0.15) is 0 Å². The highest BCUT2D eigenvalue weighted by Crippen LogP contribution is 2.24. The van der Waals surface area contributed by atoms with Gasteiger partial charge in [0.05, 0.1) is 11.3 Å². The van der Waals surface area contributed by atoms with Crippen LogP contribution in [0.3, 0.4) is 0 Å². The van der Waals surface area contributed by atoms with Gasteiger partial charge in [-0.1, -0.05) is 0 Å². The summed E-state index contributed by atoms with van der Waals surface area (Å²) in [4.78, 5) is 49.7. The molecule has 1 aliphatic rings. The predicted octanol–water partition coefficient (Wildman–Crippen LogP) is 1.53. The van der Waals surface area contributed by atoms with Gasteiger partial charge in [0, 0.05) is 25.0 Å². The second-order valence-electron chi connectivity index (χ2n) is 7.35. The molecule has 3 rings (SSSR count). The lowest BCUT2D eigenvalue weighted by Gasteiger charge is -2.10. The van der Waals surface area contributed by atoms with Crippen LogP contribution in [0, 0.1) is 26.6 Å². The van der Waals surface area contributed by atoms with Crippen molar-refractivity contribution in [2.45, 2.75) is 33.2 Å². The largest absolute Gasteiger partial charge is 0.354 e. The maximum absolute atomic E-state index is 13.5. The summed E-state index contributed by atoms with van der Waals surface area (Å²) in [6.45, 7) is 5.27. The van der Waals surface area contributed by atoms with Gasteiger partial charge in [-0.15, -0.1) is 0 Å². The first-order chi connectivity index (χ1) is 14.1. The van der Waals surface area contributed by atoms with E-state index in [0.717, 1.165) is 0 Å². The highest BCUT2D eigenvalue weighted by atomic mass is 19.1. The van der Waals surface area contributed by atoms with E-state index in [0.29, 0.717) is 35.5 Å². The smallest absolute Gasteiger partial charge is 0.294 e. The molecule has 0 bridgehead atoms. The highest BCUT2D eigenvalue weighted by molar-refractivity contribution is 6.43. The zero-order valence-corrected chi connectivity index (χ0v) is 17.2. The number of carbonyl (C=O) groups is 4. The molecule has 8 nitrogen and oxygen atoms in total. The van der Waals surface area contributed by atoms with Crippen molar-refractivity contribution in [1.82, 2.24) is 15.2 Å². The average molecular weight is 414 g/mol. The summed E-state index contributed by atoms with van der Waals surface area (Å²) < 4.78 is 14.9. The quantitative estimate of drug-likeness (QED) is 0.509. The van der Waals surface area contributed by atoms with Gasteiger partial charge < -0.3 is 20.5 Å². The fourth-order valence-corrected chi connectivity index (χ4v) is 3.61. The molecule has 9 heteroatoms. The van der Waals surface area contributed by atoms with Gasteiger partial charge in [0.25, 0.3) is 17.6 Å². The summed E-state index contributed by atoms with van der Waals surface area (Å²) in [6, 6.07) is 3.47. The predicted molar refractivity (Wildman–Crippen MR) is 108 cm³/mol. The van der Waals surface area contributed by atoms with Crippen molar-refractivity contribution in [1.29, 1.82) is 0 Å². The molecule has 3 amide bonds. The third-order valence-electron chi connectivity index (χ3n) is 5.35. The average Bonchev–Trinajstić information content (AvgIpc) is 3.18. The summed E-state index contributed by atoms with van der Waals surface area (Å²) in [5.74, 6) is -2.90. The minimum atomic E-state index is -0.901. The Morgan fingerprint density at radius 1 is 1.20 bits per heavy atom. The molecule has 2 aromatic rings. The summed E-state index contributed by atoms with van der Waals surface area (Å²) in [6.07, 6.45) is 0.410. The van der Waals surface area contributed by atoms with Gasteiger partial charge in [0.2, 0.25) is 5.91 Å². The van der Waals surface area contributed by atoms with E-state index in [9.17, 15) is 23.6 Å². The second-order valence-corrected chi connectivity index (χ2v) is 7.35. The Labute approximate surface area is 172 Å². The van der Waals surface area contributed by atoms with Gasteiger partial charge in [-0.05, 0) is 56.5 Å². The van der Waals surface area contributed by atoms with E-state index in [4.69, 9.17) is 0 Å². The molecule has 1 atom stereocenters. The summed E-state index contributed by atoms with van der Waals surface area (Å²) >= 11 is 0. The number of rotatable bonds is 5. The Bertz CT molecular complexity index is 1070. The number of amides is 3. The molecule has 1 aliphatic heterocycles. The zero-order chi connectivity index (χ0) is 22.2. The van der Waals surface area contributed by atoms with Crippen molar-refractivity contribution in [3.63, 3.8) is 0 Å². The molecular formula is C21H23FN4O4. The lowest BCUT2D eigenvalue weighted by Crippen LogP contribution is -2.43. The number of anilines is 1. The molecule has 0 aliphatic carbocycles. The minimum Gasteiger partial charge on any atom is -0.354 e. The van der Waals surface area contributed by atoms with Crippen molar-refractivity contribution in [2.24, 2.45) is 7.05 Å². The number of hydrogen-bond acceptors (Lipinski definition) is 4. The first-order valence-corrected chi connectivity index (χ1v) is 9.48. The Morgan fingerprint density at radius 2 is 1.90 bits per heavy atom. The molecule has 0 spiro atoms. The van der Waals surface area contributed by atoms with E-state index in [1.54, 1.807) is 27.8 Å². The lowest BCUT2D eigenvalue weighted by molar-refractivity contribution is -0.125. The first kappa shape index (κ1) is 21.2. The van der Waals surface area contributed by atoms with Crippen molar-refractivity contribution in [3.8, 4) is 0 Å². The Morgan fingerprint density at radius 3 is 2.50 bits per heavy atom. The number of benzene rings is 1. The van der Waals surface area contributed by atoms with Crippen molar-refractivity contribution < 1.29 is 23.6 Å². The number of aromatic nitrogens is 1. The molecule has 1 aromatic carbocycles. The number of ketones is 1. The third-order valence-corrected chi connectivity index (χ3v) is 5.35. The number of hydrogen-bond donors (Lipinski definition) is 3. The van der Waals surface area contributed by atoms with E-state index in [-0.39, 0.29) is 23.0 Å². The summed E-state index contributed by atoms with van der Waals surface area (Å²) in [5.41, 5.74) is 1.98. The van der Waals surface area contributed by atoms with E-state index in [1.807, 2.05) is 0 Å². The monoisotopic (exact) mass is 414 g/mol. The van der Waals surface area contributed by atoms with Crippen LogP contribution in [0.4, 0.5) is 10.1 Å². The van der Waals surface area contributed by atoms with E-state index >= 15 is 0 Å². The van der Waals surface area contributed by atoms with Gasteiger partial charge in [-0.3, -0.25) is 19.2 Å². The van der Waals surface area contributed by atoms with Gasteiger partial charge in [0.1, 0.15) is 11.9 Å². The molecule has 2 heterocycles. The Kier molecular flexibility index (Phi) is 5.73. The van der Waals surface area contributed by atoms with Crippen LogP contribution in [0.1, 0.15) is 44.1 Å². The van der Waals surface area contributed by atoms with Gasteiger partial charge in [-0.25, -0.2) is 4.39 Å². The Hall–Kier alpha value is -3.49. The molecule has 3 N–H and O–H groups in total. The molecule has 0 radical (unpaired) electrons. The van der Waals surface area contributed by atoms with Gasteiger partial charge >= 0.3 is 0 Å². The fourth-order valence-electron chi connectivity index (χ4n) is 3.61. The normalized spacial score (nSPS) is 15.6. The summed E-state index contributed by atoms with van der Waals surface area (Å²) in [5, 5.41) is 7.73. The number of halogens is 1. The van der Waals surface area contributed by atoms with Crippen LogP contribution in [0.2, 0.25) is 0 Å². The third kappa shape index (κ3) is 3.83. The minimum absolute atomic E-state index is 0.0730. The van der Waals surface area contributed by atoms with Crippen molar-refractivity contribution in [3.05, 3.63) is 52.1 Å². The van der Waals surface area contributed by atoms with Crippen LogP contribution in [0.5, 0.6) is 0 Å². The van der Waals surface area contributed by atoms with E-state index < -0.39 is 23.6 Å². The van der Waals surface area contributed by atoms with Crippen molar-refractivity contribution in [2.75, 3.05) is 11.9 Å². The van der Waals surface area contributed by atoms with E-state index in [1.165, 1.54) is 22.8 Å². The van der Waals surface area contributed by atoms with Crippen LogP contribution in [0.15, 0.2) is 18.2 Å². The van der Waals surface area contributed by atoms with Crippen molar-refractivity contribution >= 4 is 29.2 Å². The first-order valence-electron chi connectivity index (χ1n) is 9.48. The van der Waals surface area contributed by atoms with Crippen LogP contribution in [0.25, 0.3) is 0 Å². The summed E-state index contributed by atoms with van der Waals surface area (Å²) in [7, 11) is 1.59. The van der Waals surface area contributed by atoms with Crippen LogP contribution < -0.4 is 16.0 Å². The molecule has 30 heavy (non-hydrogen) atoms. The van der Waals surface area contributed by atoms with Crippen LogP contribution in [-0.2, 0) is 16.6 Å². The van der Waals surface area contributed by atoms with Gasteiger partial charge in [0.15, 0.2) is 0 Å². The molecule has 158 valence electrons. The van der Waals surface area contributed by atoms with Crippen LogP contribution >= 0.6 is 0 Å². The Balaban J connectivity index is 1.85. The molecule has 1 aromatic heterocycles. The number of nitrogens with zero attached hydrogens (tertiary/aromatic N) is 1. The number of aryl methyl sites for hydroxylation is 1. The van der Waals surface area contributed by atoms with E-state index in [2.05, 4.69) is 16.0 Å².